The van der Waals surface area contributed by atoms with Crippen LogP contribution < -0.4 is 10.5 Å². The summed E-state index contributed by atoms with van der Waals surface area (Å²) in [5, 5.41) is -0.261. The van der Waals surface area contributed by atoms with E-state index in [0.717, 1.165) is 22.2 Å². The Bertz CT molecular complexity index is 666. The fraction of sp³-hybridized carbons (Fsp3) is 0.200. The van der Waals surface area contributed by atoms with Crippen LogP contribution >= 0.6 is 27.5 Å². The van der Waals surface area contributed by atoms with Gasteiger partial charge in [-0.05, 0) is 42.3 Å². The molecule has 0 aliphatic rings. The second kappa shape index (κ2) is 6.73. The van der Waals surface area contributed by atoms with E-state index in [1.54, 1.807) is 13.2 Å². The lowest BCUT2D eigenvalue weighted by atomic mass is 9.98. The van der Waals surface area contributed by atoms with Crippen molar-refractivity contribution in [2.45, 2.75) is 12.5 Å². The Labute approximate surface area is 135 Å². The minimum absolute atomic E-state index is 0.0823. The second-order valence-corrected chi connectivity index (χ2v) is 5.88. The maximum Gasteiger partial charge on any atom is 0.142 e. The first-order valence-corrected chi connectivity index (χ1v) is 7.32. The predicted molar refractivity (Wildman–Crippen MR) is 82.7 cm³/mol. The summed E-state index contributed by atoms with van der Waals surface area (Å²) in [4.78, 5) is 0. The Morgan fingerprint density at radius 3 is 2.62 bits per heavy atom. The third-order valence-electron chi connectivity index (χ3n) is 3.12. The lowest BCUT2D eigenvalue weighted by Crippen LogP contribution is -2.16. The van der Waals surface area contributed by atoms with Crippen LogP contribution in [0.2, 0.25) is 5.02 Å². The Balaban J connectivity index is 2.32. The van der Waals surface area contributed by atoms with Crippen molar-refractivity contribution in [3.05, 3.63) is 62.6 Å². The van der Waals surface area contributed by atoms with E-state index in [2.05, 4.69) is 15.9 Å². The molecule has 21 heavy (non-hydrogen) atoms. The van der Waals surface area contributed by atoms with E-state index in [-0.39, 0.29) is 10.6 Å². The summed E-state index contributed by atoms with van der Waals surface area (Å²) in [6.07, 6.45) is 0.306. The first kappa shape index (κ1) is 16.2. The number of hydrogen-bond acceptors (Lipinski definition) is 2. The van der Waals surface area contributed by atoms with Crippen LogP contribution in [0, 0.1) is 11.6 Å². The van der Waals surface area contributed by atoms with E-state index in [0.29, 0.717) is 12.2 Å². The lowest BCUT2D eigenvalue weighted by molar-refractivity contribution is 0.407. The van der Waals surface area contributed by atoms with Crippen molar-refractivity contribution >= 4 is 27.5 Å². The summed E-state index contributed by atoms with van der Waals surface area (Å²) in [5.41, 5.74) is 6.88. The van der Waals surface area contributed by atoms with Crippen LogP contribution in [0.4, 0.5) is 8.78 Å². The molecule has 0 saturated heterocycles. The van der Waals surface area contributed by atoms with E-state index in [1.807, 2.05) is 12.1 Å². The van der Waals surface area contributed by atoms with Crippen LogP contribution in [0.15, 0.2) is 34.8 Å². The lowest BCUT2D eigenvalue weighted by Gasteiger charge is -2.16. The first-order valence-electron chi connectivity index (χ1n) is 6.14. The van der Waals surface area contributed by atoms with Crippen molar-refractivity contribution in [1.82, 2.24) is 0 Å². The van der Waals surface area contributed by atoms with Crippen LogP contribution in [0.3, 0.4) is 0 Å². The summed E-state index contributed by atoms with van der Waals surface area (Å²) in [5.74, 6) is -0.670. The molecule has 1 unspecified atom stereocenters. The molecule has 2 nitrogen and oxygen atoms in total. The van der Waals surface area contributed by atoms with Crippen LogP contribution in [0.5, 0.6) is 5.75 Å². The van der Waals surface area contributed by atoms with Gasteiger partial charge in [0.2, 0.25) is 0 Å². The highest BCUT2D eigenvalue weighted by Crippen LogP contribution is 2.29. The van der Waals surface area contributed by atoms with Crippen molar-refractivity contribution < 1.29 is 13.5 Å². The second-order valence-electron chi connectivity index (χ2n) is 4.55. The van der Waals surface area contributed by atoms with Crippen LogP contribution in [0.1, 0.15) is 17.2 Å². The molecule has 112 valence electrons. The normalized spacial score (nSPS) is 12.3. The molecule has 2 aromatic rings. The number of hydrogen-bond donors (Lipinski definition) is 1. The third-order valence-corrected chi connectivity index (χ3v) is 3.90. The average molecular weight is 377 g/mol. The Kier molecular flexibility index (Phi) is 5.19. The van der Waals surface area contributed by atoms with Gasteiger partial charge in [0.1, 0.15) is 17.4 Å². The SMILES string of the molecule is COc1ccc(Br)cc1CC(N)c1cc(F)c(Cl)cc1F. The minimum atomic E-state index is -0.708. The van der Waals surface area contributed by atoms with Crippen LogP contribution in [-0.2, 0) is 6.42 Å². The van der Waals surface area contributed by atoms with Gasteiger partial charge in [-0.25, -0.2) is 8.78 Å². The fourth-order valence-corrected chi connectivity index (χ4v) is 2.63. The largest absolute Gasteiger partial charge is 0.496 e. The minimum Gasteiger partial charge on any atom is -0.496 e. The predicted octanol–water partition coefficient (Wildman–Crippen LogP) is 4.63. The molecule has 0 saturated carbocycles. The number of methoxy groups -OCH3 is 1. The monoisotopic (exact) mass is 375 g/mol. The summed E-state index contributed by atoms with van der Waals surface area (Å²) in [6, 6.07) is 6.71. The van der Waals surface area contributed by atoms with Crippen molar-refractivity contribution in [1.29, 1.82) is 0 Å². The molecular weight excluding hydrogens is 364 g/mol. The van der Waals surface area contributed by atoms with Crippen LogP contribution in [0.25, 0.3) is 0 Å². The number of benzene rings is 2. The van der Waals surface area contributed by atoms with E-state index >= 15 is 0 Å². The highest BCUT2D eigenvalue weighted by molar-refractivity contribution is 9.10. The number of rotatable bonds is 4. The first-order chi connectivity index (χ1) is 9.92. The molecule has 0 bridgehead atoms. The van der Waals surface area contributed by atoms with Gasteiger partial charge in [0.25, 0.3) is 0 Å². The van der Waals surface area contributed by atoms with E-state index in [9.17, 15) is 8.78 Å². The zero-order chi connectivity index (χ0) is 15.6. The van der Waals surface area contributed by atoms with Gasteiger partial charge in [-0.3, -0.25) is 0 Å². The van der Waals surface area contributed by atoms with Crippen molar-refractivity contribution in [3.63, 3.8) is 0 Å². The summed E-state index contributed by atoms with van der Waals surface area (Å²) < 4.78 is 33.5. The van der Waals surface area contributed by atoms with Gasteiger partial charge in [0.15, 0.2) is 0 Å². The summed E-state index contributed by atoms with van der Waals surface area (Å²) in [6.45, 7) is 0. The van der Waals surface area contributed by atoms with Gasteiger partial charge in [0, 0.05) is 16.1 Å². The quantitative estimate of drug-likeness (QED) is 0.790. The fourth-order valence-electron chi connectivity index (χ4n) is 2.08. The molecule has 0 radical (unpaired) electrons. The molecule has 0 heterocycles. The molecule has 1 atom stereocenters. The van der Waals surface area contributed by atoms with Gasteiger partial charge in [-0.2, -0.15) is 0 Å². The topological polar surface area (TPSA) is 35.2 Å². The molecule has 0 aromatic heterocycles. The number of halogens is 4. The molecule has 0 aliphatic heterocycles. The molecule has 6 heteroatoms. The van der Waals surface area contributed by atoms with E-state index in [4.69, 9.17) is 22.1 Å². The maximum absolute atomic E-state index is 13.9. The Morgan fingerprint density at radius 1 is 1.24 bits per heavy atom. The van der Waals surface area contributed by atoms with E-state index < -0.39 is 17.7 Å². The highest BCUT2D eigenvalue weighted by Gasteiger charge is 2.17. The van der Waals surface area contributed by atoms with Gasteiger partial charge in [-0.1, -0.05) is 27.5 Å². The smallest absolute Gasteiger partial charge is 0.142 e. The zero-order valence-electron chi connectivity index (χ0n) is 11.2. The Hall–Kier alpha value is -1.17. The number of nitrogens with two attached hydrogens (primary N) is 1. The van der Waals surface area contributed by atoms with Gasteiger partial charge in [-0.15, -0.1) is 0 Å². The van der Waals surface area contributed by atoms with E-state index in [1.165, 1.54) is 0 Å². The molecule has 0 fully saturated rings. The molecule has 0 aliphatic carbocycles. The number of ether oxygens (including phenoxy) is 1. The van der Waals surface area contributed by atoms with Gasteiger partial charge in [0.05, 0.1) is 12.1 Å². The maximum atomic E-state index is 13.9. The molecule has 0 spiro atoms. The molecule has 2 aromatic carbocycles. The zero-order valence-corrected chi connectivity index (χ0v) is 13.5. The van der Waals surface area contributed by atoms with Crippen molar-refractivity contribution in [2.75, 3.05) is 7.11 Å². The molecule has 0 amide bonds. The summed E-state index contributed by atoms with van der Waals surface area (Å²) >= 11 is 8.90. The van der Waals surface area contributed by atoms with Crippen molar-refractivity contribution in [2.24, 2.45) is 5.73 Å². The summed E-state index contributed by atoms with van der Waals surface area (Å²) in [7, 11) is 1.54. The van der Waals surface area contributed by atoms with Crippen molar-refractivity contribution in [3.8, 4) is 5.75 Å². The Morgan fingerprint density at radius 2 is 1.95 bits per heavy atom. The standard InChI is InChI=1S/C15H13BrClF2NO/c1-21-15-3-2-9(16)4-8(15)5-14(20)10-6-13(19)11(17)7-12(10)18/h2-4,6-7,14H,5,20H2,1H3. The molecule has 2 N–H and O–H groups in total. The van der Waals surface area contributed by atoms with Gasteiger partial charge >= 0.3 is 0 Å². The third kappa shape index (κ3) is 3.73. The molecule has 2 rings (SSSR count). The van der Waals surface area contributed by atoms with Gasteiger partial charge < -0.3 is 10.5 Å². The highest BCUT2D eigenvalue weighted by atomic mass is 79.9. The molecular formula is C15H13BrClF2NO. The average Bonchev–Trinajstić information content (AvgIpc) is 2.43. The van der Waals surface area contributed by atoms with Crippen LogP contribution in [-0.4, -0.2) is 7.11 Å².